The number of carbonyl (C=O) groups is 1. The third-order valence-corrected chi connectivity index (χ3v) is 4.83. The van der Waals surface area contributed by atoms with Gasteiger partial charge in [0, 0.05) is 25.2 Å². The molecule has 0 saturated carbocycles. The molecule has 11 heteroatoms. The molecule has 0 bridgehead atoms. The van der Waals surface area contributed by atoms with E-state index in [0.717, 1.165) is 4.88 Å². The van der Waals surface area contributed by atoms with Crippen molar-refractivity contribution in [2.75, 3.05) is 14.1 Å². The zero-order valence-corrected chi connectivity index (χ0v) is 14.8. The van der Waals surface area contributed by atoms with Crippen molar-refractivity contribution in [1.29, 1.82) is 0 Å². The van der Waals surface area contributed by atoms with Crippen LogP contribution >= 0.6 is 11.3 Å². The van der Waals surface area contributed by atoms with Crippen molar-refractivity contribution < 1.29 is 22.5 Å². The Bertz CT molecular complexity index is 928. The summed E-state index contributed by atoms with van der Waals surface area (Å²) in [7, 11) is 3.30. The maximum Gasteiger partial charge on any atom is 0.471 e. The molecule has 3 aromatic rings. The van der Waals surface area contributed by atoms with E-state index in [1.165, 1.54) is 22.4 Å². The van der Waals surface area contributed by atoms with Gasteiger partial charge < -0.3 is 9.42 Å². The highest BCUT2D eigenvalue weighted by atomic mass is 32.1. The fourth-order valence-corrected chi connectivity index (χ4v) is 3.16. The lowest BCUT2D eigenvalue weighted by Crippen LogP contribution is -2.21. The summed E-state index contributed by atoms with van der Waals surface area (Å²) in [6.07, 6.45) is -1.58. The van der Waals surface area contributed by atoms with Gasteiger partial charge in [-0.2, -0.15) is 23.3 Å². The number of thiophene rings is 1. The molecule has 138 valence electrons. The van der Waals surface area contributed by atoms with Crippen LogP contribution in [0, 0.1) is 0 Å². The Morgan fingerprint density at radius 1 is 1.35 bits per heavy atom. The van der Waals surface area contributed by atoms with Crippen molar-refractivity contribution in [3.05, 3.63) is 40.9 Å². The second kappa shape index (κ2) is 6.56. The number of halogens is 3. The molecule has 0 aliphatic rings. The first-order chi connectivity index (χ1) is 12.2. The summed E-state index contributed by atoms with van der Waals surface area (Å²) >= 11 is 1.23. The van der Waals surface area contributed by atoms with Gasteiger partial charge in [0.25, 0.3) is 5.91 Å². The summed E-state index contributed by atoms with van der Waals surface area (Å²) in [6.45, 7) is 1.86. The molecule has 0 aromatic carbocycles. The van der Waals surface area contributed by atoms with Crippen LogP contribution in [-0.2, 0) is 6.18 Å². The molecule has 0 fully saturated rings. The fourth-order valence-electron chi connectivity index (χ4n) is 2.19. The van der Waals surface area contributed by atoms with Gasteiger partial charge in [0.1, 0.15) is 0 Å². The van der Waals surface area contributed by atoms with Crippen LogP contribution in [0.5, 0.6) is 0 Å². The van der Waals surface area contributed by atoms with Crippen LogP contribution in [0.4, 0.5) is 13.2 Å². The number of carbonyl (C=O) groups excluding carboxylic acids is 1. The quantitative estimate of drug-likeness (QED) is 0.689. The monoisotopic (exact) mass is 385 g/mol. The Kier molecular flexibility index (Phi) is 4.57. The van der Waals surface area contributed by atoms with E-state index in [1.54, 1.807) is 37.1 Å². The molecule has 1 atom stereocenters. The molecule has 1 amide bonds. The van der Waals surface area contributed by atoms with Crippen LogP contribution < -0.4 is 0 Å². The van der Waals surface area contributed by atoms with Gasteiger partial charge in [-0.3, -0.25) is 9.48 Å². The molecule has 0 radical (unpaired) electrons. The van der Waals surface area contributed by atoms with Crippen LogP contribution in [0.15, 0.2) is 29.0 Å². The zero-order chi connectivity index (χ0) is 19.1. The summed E-state index contributed by atoms with van der Waals surface area (Å²) in [4.78, 5) is 18.0. The first kappa shape index (κ1) is 18.1. The second-order valence-electron chi connectivity index (χ2n) is 5.71. The molecule has 3 rings (SSSR count). The molecular weight excluding hydrogens is 371 g/mol. The van der Waals surface area contributed by atoms with Gasteiger partial charge in [-0.15, -0.1) is 11.3 Å². The van der Waals surface area contributed by atoms with Crippen LogP contribution in [0.3, 0.4) is 0 Å². The number of aromatic nitrogens is 4. The molecule has 3 heterocycles. The van der Waals surface area contributed by atoms with Crippen LogP contribution in [0.2, 0.25) is 0 Å². The summed E-state index contributed by atoms with van der Waals surface area (Å²) in [5.41, 5.74) is 0.451. The minimum atomic E-state index is -4.68. The van der Waals surface area contributed by atoms with Crippen molar-refractivity contribution in [3.8, 4) is 10.7 Å². The van der Waals surface area contributed by atoms with E-state index in [2.05, 4.69) is 19.8 Å². The minimum absolute atomic E-state index is 0.121. The molecule has 0 saturated heterocycles. The van der Waals surface area contributed by atoms with E-state index in [0.29, 0.717) is 10.4 Å². The third-order valence-electron chi connectivity index (χ3n) is 3.58. The predicted molar refractivity (Wildman–Crippen MR) is 86.7 cm³/mol. The van der Waals surface area contributed by atoms with E-state index < -0.39 is 12.1 Å². The highest BCUT2D eigenvalue weighted by molar-refractivity contribution is 7.15. The average Bonchev–Trinajstić information content (AvgIpc) is 3.31. The summed E-state index contributed by atoms with van der Waals surface area (Å²) in [5.74, 6) is -1.67. The highest BCUT2D eigenvalue weighted by Crippen LogP contribution is 2.34. The number of rotatable bonds is 4. The molecule has 3 aromatic heterocycles. The van der Waals surface area contributed by atoms with Crippen molar-refractivity contribution >= 4 is 17.2 Å². The van der Waals surface area contributed by atoms with Gasteiger partial charge in [0.05, 0.1) is 22.7 Å². The smallest absolute Gasteiger partial charge is 0.345 e. The van der Waals surface area contributed by atoms with Gasteiger partial charge in [0.2, 0.25) is 5.82 Å². The maximum absolute atomic E-state index is 12.6. The second-order valence-corrected chi connectivity index (χ2v) is 6.82. The van der Waals surface area contributed by atoms with Gasteiger partial charge in [-0.05, 0) is 19.1 Å². The topological polar surface area (TPSA) is 77.0 Å². The maximum atomic E-state index is 12.6. The van der Waals surface area contributed by atoms with Gasteiger partial charge >= 0.3 is 12.1 Å². The van der Waals surface area contributed by atoms with Crippen molar-refractivity contribution in [1.82, 2.24) is 24.8 Å². The molecular formula is C15H14F3N5O2S. The van der Waals surface area contributed by atoms with Crippen LogP contribution in [0.1, 0.15) is 34.1 Å². The standard InChI is InChI=1S/C15H14F3N5O2S/c1-8(23-7-9(6-19-23)13(24)22(2)3)10-4-5-11(26-10)12-20-14(25-21-12)15(16,17)18/h4-8H,1-3H3. The van der Waals surface area contributed by atoms with E-state index >= 15 is 0 Å². The molecule has 7 nitrogen and oxygen atoms in total. The van der Waals surface area contributed by atoms with Crippen molar-refractivity contribution in [3.63, 3.8) is 0 Å². The van der Waals surface area contributed by atoms with E-state index in [9.17, 15) is 18.0 Å². The van der Waals surface area contributed by atoms with E-state index in [4.69, 9.17) is 0 Å². The molecule has 1 unspecified atom stereocenters. The number of nitrogens with zero attached hydrogens (tertiary/aromatic N) is 5. The van der Waals surface area contributed by atoms with Gasteiger partial charge in [0.15, 0.2) is 0 Å². The Morgan fingerprint density at radius 3 is 2.69 bits per heavy atom. The SMILES string of the molecule is CC(c1ccc(-c2noc(C(F)(F)F)n2)s1)n1cc(C(=O)N(C)C)cn1. The fraction of sp³-hybridized carbons (Fsp3) is 0.333. The zero-order valence-electron chi connectivity index (χ0n) is 14.0. The number of alkyl halides is 3. The number of amides is 1. The minimum Gasteiger partial charge on any atom is -0.345 e. The summed E-state index contributed by atoms with van der Waals surface area (Å²) < 4.78 is 43.5. The highest BCUT2D eigenvalue weighted by Gasteiger charge is 2.38. The third kappa shape index (κ3) is 3.47. The molecule has 26 heavy (non-hydrogen) atoms. The van der Waals surface area contributed by atoms with Crippen molar-refractivity contribution in [2.24, 2.45) is 0 Å². The molecule has 0 aliphatic heterocycles. The number of hydrogen-bond donors (Lipinski definition) is 0. The first-order valence-corrected chi connectivity index (χ1v) is 8.25. The summed E-state index contributed by atoms with van der Waals surface area (Å²) in [6, 6.07) is 3.16. The lowest BCUT2D eigenvalue weighted by molar-refractivity contribution is -0.159. The Labute approximate surface area is 150 Å². The average molecular weight is 385 g/mol. The Morgan fingerprint density at radius 2 is 2.08 bits per heavy atom. The molecule has 0 spiro atoms. The lowest BCUT2D eigenvalue weighted by Gasteiger charge is -2.10. The van der Waals surface area contributed by atoms with E-state index in [1.807, 2.05) is 6.92 Å². The van der Waals surface area contributed by atoms with Crippen molar-refractivity contribution in [2.45, 2.75) is 19.1 Å². The van der Waals surface area contributed by atoms with Crippen LogP contribution in [0.25, 0.3) is 10.7 Å². The summed E-state index contributed by atoms with van der Waals surface area (Å²) in [5, 5.41) is 7.57. The van der Waals surface area contributed by atoms with Crippen LogP contribution in [-0.4, -0.2) is 44.8 Å². The molecule has 0 N–H and O–H groups in total. The molecule has 0 aliphatic carbocycles. The lowest BCUT2D eigenvalue weighted by atomic mass is 10.2. The first-order valence-electron chi connectivity index (χ1n) is 7.43. The normalized spacial score (nSPS) is 13.0. The van der Waals surface area contributed by atoms with Gasteiger partial charge in [-0.1, -0.05) is 5.16 Å². The Hall–Kier alpha value is -2.69. The predicted octanol–water partition coefficient (Wildman–Crippen LogP) is 3.32. The number of hydrogen-bond acceptors (Lipinski definition) is 6. The largest absolute Gasteiger partial charge is 0.471 e. The Balaban J connectivity index is 1.81. The van der Waals surface area contributed by atoms with E-state index in [-0.39, 0.29) is 17.8 Å². The van der Waals surface area contributed by atoms with Gasteiger partial charge in [-0.25, -0.2) is 0 Å².